The van der Waals surface area contributed by atoms with Gasteiger partial charge < -0.3 is 14.7 Å². The van der Waals surface area contributed by atoms with E-state index in [9.17, 15) is 4.79 Å². The number of thiazole rings is 1. The highest BCUT2D eigenvalue weighted by Gasteiger charge is 2.25. The highest BCUT2D eigenvalue weighted by Crippen LogP contribution is 2.35. The van der Waals surface area contributed by atoms with Gasteiger partial charge in [-0.1, -0.05) is 0 Å². The predicted molar refractivity (Wildman–Crippen MR) is 72.5 cm³/mol. The first-order chi connectivity index (χ1) is 9.29. The van der Waals surface area contributed by atoms with Crippen LogP contribution in [-0.4, -0.2) is 35.8 Å². The normalized spacial score (nSPS) is 14.2. The second-order valence-corrected chi connectivity index (χ2v) is 4.83. The molecular weight excluding hydrogens is 264 g/mol. The van der Waals surface area contributed by atoms with Gasteiger partial charge in [0.15, 0.2) is 6.61 Å². The number of rotatable bonds is 3. The average molecular weight is 276 g/mol. The molecule has 6 heteroatoms. The Hall–Kier alpha value is -1.92. The second-order valence-electron chi connectivity index (χ2n) is 4.11. The number of benzene rings is 1. The third-order valence-corrected chi connectivity index (χ3v) is 3.54. The van der Waals surface area contributed by atoms with Crippen molar-refractivity contribution >= 4 is 22.9 Å². The quantitative estimate of drug-likeness (QED) is 0.923. The van der Waals surface area contributed by atoms with Gasteiger partial charge in [0, 0.05) is 17.5 Å². The van der Waals surface area contributed by atoms with Crippen molar-refractivity contribution in [3.05, 3.63) is 29.1 Å². The van der Waals surface area contributed by atoms with Crippen LogP contribution in [0.5, 0.6) is 5.75 Å². The van der Waals surface area contributed by atoms with E-state index in [-0.39, 0.29) is 25.7 Å². The Kier molecular flexibility index (Phi) is 3.18. The Bertz CT molecular complexity index is 598. The van der Waals surface area contributed by atoms with Gasteiger partial charge in [-0.2, -0.15) is 0 Å². The molecule has 1 aromatic heterocycles. The van der Waals surface area contributed by atoms with Gasteiger partial charge >= 0.3 is 0 Å². The fraction of sp³-hybridized carbons (Fsp3) is 0.231. The molecule has 1 aromatic carbocycles. The lowest BCUT2D eigenvalue weighted by Gasteiger charge is -2.29. The molecule has 0 saturated carbocycles. The van der Waals surface area contributed by atoms with Crippen molar-refractivity contribution in [2.75, 3.05) is 24.7 Å². The number of nitrogens with zero attached hydrogens (tertiary/aromatic N) is 2. The van der Waals surface area contributed by atoms with Gasteiger partial charge in [-0.3, -0.25) is 4.79 Å². The largest absolute Gasteiger partial charge is 0.482 e. The molecule has 19 heavy (non-hydrogen) atoms. The molecule has 1 amide bonds. The average Bonchev–Trinajstić information content (AvgIpc) is 2.96. The van der Waals surface area contributed by atoms with Crippen molar-refractivity contribution in [3.8, 4) is 17.0 Å². The molecular formula is C13H12N2O3S. The van der Waals surface area contributed by atoms with Crippen LogP contribution < -0.4 is 9.64 Å². The number of anilines is 1. The highest BCUT2D eigenvalue weighted by molar-refractivity contribution is 7.07. The summed E-state index contributed by atoms with van der Waals surface area (Å²) >= 11 is 1.52. The molecule has 1 aliphatic rings. The van der Waals surface area contributed by atoms with Crippen molar-refractivity contribution in [3.63, 3.8) is 0 Å². The molecule has 2 heterocycles. The standard InChI is InChI=1S/C13H12N2O3S/c16-4-3-15-11-5-9(10-7-19-8-14-10)1-2-12(11)18-6-13(15)17/h1-2,5,7-8,16H,3-4,6H2. The number of β-amino-alcohol motifs (C(OH)–C–C–N with tert-alkyl or cyclic N) is 1. The molecule has 0 bridgehead atoms. The number of amides is 1. The Morgan fingerprint density at radius 1 is 1.47 bits per heavy atom. The van der Waals surface area contributed by atoms with Crippen LogP contribution in [0.1, 0.15) is 0 Å². The van der Waals surface area contributed by atoms with Gasteiger partial charge in [0.05, 0.1) is 23.5 Å². The number of aromatic nitrogens is 1. The molecule has 5 nitrogen and oxygen atoms in total. The molecule has 0 aliphatic carbocycles. The molecule has 0 atom stereocenters. The topological polar surface area (TPSA) is 62.7 Å². The predicted octanol–water partition coefficient (Wildman–Crippen LogP) is 1.53. The fourth-order valence-electron chi connectivity index (χ4n) is 2.06. The van der Waals surface area contributed by atoms with Crippen molar-refractivity contribution in [1.29, 1.82) is 0 Å². The summed E-state index contributed by atoms with van der Waals surface area (Å²) in [6.07, 6.45) is 0. The highest BCUT2D eigenvalue weighted by atomic mass is 32.1. The van der Waals surface area contributed by atoms with Crippen LogP contribution in [0.15, 0.2) is 29.1 Å². The monoisotopic (exact) mass is 276 g/mol. The van der Waals surface area contributed by atoms with Crippen LogP contribution in [0.2, 0.25) is 0 Å². The van der Waals surface area contributed by atoms with E-state index in [0.29, 0.717) is 11.4 Å². The fourth-order valence-corrected chi connectivity index (χ4v) is 2.62. The third kappa shape index (κ3) is 2.20. The zero-order valence-electron chi connectivity index (χ0n) is 10.1. The summed E-state index contributed by atoms with van der Waals surface area (Å²) in [6.45, 7) is 0.213. The van der Waals surface area contributed by atoms with Gasteiger partial charge in [0.25, 0.3) is 5.91 Å². The summed E-state index contributed by atoms with van der Waals surface area (Å²) in [5, 5.41) is 11.0. The van der Waals surface area contributed by atoms with Crippen molar-refractivity contribution in [2.45, 2.75) is 0 Å². The maximum Gasteiger partial charge on any atom is 0.265 e. The molecule has 0 unspecified atom stereocenters. The van der Waals surface area contributed by atoms with Gasteiger partial charge in [-0.25, -0.2) is 4.98 Å². The molecule has 0 spiro atoms. The number of carbonyl (C=O) groups is 1. The van der Waals surface area contributed by atoms with Crippen LogP contribution in [0, 0.1) is 0 Å². The smallest absolute Gasteiger partial charge is 0.265 e. The minimum atomic E-state index is -0.142. The van der Waals surface area contributed by atoms with Crippen LogP contribution in [0.3, 0.4) is 0 Å². The number of hydrogen-bond acceptors (Lipinski definition) is 5. The van der Waals surface area contributed by atoms with Crippen LogP contribution >= 0.6 is 11.3 Å². The Labute approximate surface area is 114 Å². The first kappa shape index (κ1) is 12.1. The number of fused-ring (bicyclic) bond motifs is 1. The first-order valence-corrected chi connectivity index (χ1v) is 6.80. The summed E-state index contributed by atoms with van der Waals surface area (Å²) in [7, 11) is 0. The maximum absolute atomic E-state index is 11.8. The van der Waals surface area contributed by atoms with Crippen LogP contribution in [-0.2, 0) is 4.79 Å². The molecule has 1 aliphatic heterocycles. The zero-order chi connectivity index (χ0) is 13.2. The summed E-state index contributed by atoms with van der Waals surface area (Å²) in [6, 6.07) is 5.62. The molecule has 3 rings (SSSR count). The lowest BCUT2D eigenvalue weighted by atomic mass is 10.1. The lowest BCUT2D eigenvalue weighted by Crippen LogP contribution is -2.40. The minimum Gasteiger partial charge on any atom is -0.482 e. The van der Waals surface area contributed by atoms with E-state index in [4.69, 9.17) is 9.84 Å². The molecule has 0 saturated heterocycles. The third-order valence-electron chi connectivity index (χ3n) is 2.95. The summed E-state index contributed by atoms with van der Waals surface area (Å²) in [5.74, 6) is 0.518. The second kappa shape index (κ2) is 4.99. The lowest BCUT2D eigenvalue weighted by molar-refractivity contribution is -0.121. The number of carbonyl (C=O) groups excluding carboxylic acids is 1. The summed E-state index contributed by atoms with van der Waals surface area (Å²) in [5.41, 5.74) is 4.26. The molecule has 2 aromatic rings. The van der Waals surface area contributed by atoms with E-state index in [0.717, 1.165) is 11.3 Å². The molecule has 0 radical (unpaired) electrons. The SMILES string of the molecule is O=C1COc2ccc(-c3cscn3)cc2N1CCO. The molecule has 1 N–H and O–H groups in total. The first-order valence-electron chi connectivity index (χ1n) is 5.86. The van der Waals surface area contributed by atoms with Crippen LogP contribution in [0.25, 0.3) is 11.3 Å². The van der Waals surface area contributed by atoms with E-state index in [1.54, 1.807) is 10.4 Å². The maximum atomic E-state index is 11.8. The van der Waals surface area contributed by atoms with E-state index >= 15 is 0 Å². The van der Waals surface area contributed by atoms with E-state index < -0.39 is 0 Å². The van der Waals surface area contributed by atoms with Crippen molar-refractivity contribution < 1.29 is 14.6 Å². The summed E-state index contributed by atoms with van der Waals surface area (Å²) in [4.78, 5) is 17.6. The van der Waals surface area contributed by atoms with Gasteiger partial charge in [0.2, 0.25) is 0 Å². The van der Waals surface area contributed by atoms with Crippen LogP contribution in [0.4, 0.5) is 5.69 Å². The van der Waals surface area contributed by atoms with Gasteiger partial charge in [0.1, 0.15) is 5.75 Å². The van der Waals surface area contributed by atoms with Crippen molar-refractivity contribution in [2.24, 2.45) is 0 Å². The Morgan fingerprint density at radius 2 is 2.37 bits per heavy atom. The van der Waals surface area contributed by atoms with E-state index in [2.05, 4.69) is 4.98 Å². The van der Waals surface area contributed by atoms with Gasteiger partial charge in [-0.15, -0.1) is 11.3 Å². The number of aliphatic hydroxyl groups excluding tert-OH is 1. The Morgan fingerprint density at radius 3 is 3.11 bits per heavy atom. The Balaban J connectivity index is 2.04. The molecule has 98 valence electrons. The number of hydrogen-bond donors (Lipinski definition) is 1. The van der Waals surface area contributed by atoms with Gasteiger partial charge in [-0.05, 0) is 18.2 Å². The van der Waals surface area contributed by atoms with Crippen molar-refractivity contribution in [1.82, 2.24) is 4.98 Å². The molecule has 0 fully saturated rings. The minimum absolute atomic E-state index is 0.0169. The summed E-state index contributed by atoms with van der Waals surface area (Å²) < 4.78 is 5.39. The van der Waals surface area contributed by atoms with E-state index in [1.807, 2.05) is 23.6 Å². The zero-order valence-corrected chi connectivity index (χ0v) is 10.9. The van der Waals surface area contributed by atoms with E-state index in [1.165, 1.54) is 11.3 Å². The number of aliphatic hydroxyl groups is 1. The number of ether oxygens (including phenoxy) is 1.